The van der Waals surface area contributed by atoms with Crippen molar-refractivity contribution in [2.24, 2.45) is 7.05 Å². The highest BCUT2D eigenvalue weighted by Gasteiger charge is 2.13. The van der Waals surface area contributed by atoms with E-state index in [1.54, 1.807) is 0 Å². The van der Waals surface area contributed by atoms with Crippen LogP contribution in [0.3, 0.4) is 0 Å². The van der Waals surface area contributed by atoms with Crippen molar-refractivity contribution in [3.8, 4) is 0 Å². The molecule has 19 heavy (non-hydrogen) atoms. The SMILES string of the molecule is CNCC(CCc1ccnn1C)c1ccccc1C. The van der Waals surface area contributed by atoms with E-state index in [4.69, 9.17) is 0 Å². The third-order valence-electron chi connectivity index (χ3n) is 3.75. The van der Waals surface area contributed by atoms with E-state index in [9.17, 15) is 0 Å². The van der Waals surface area contributed by atoms with Crippen LogP contribution in [0, 0.1) is 6.92 Å². The quantitative estimate of drug-likeness (QED) is 0.862. The van der Waals surface area contributed by atoms with E-state index in [1.165, 1.54) is 16.8 Å². The van der Waals surface area contributed by atoms with Crippen LogP contribution < -0.4 is 5.32 Å². The van der Waals surface area contributed by atoms with Gasteiger partial charge in [-0.1, -0.05) is 24.3 Å². The van der Waals surface area contributed by atoms with Gasteiger partial charge >= 0.3 is 0 Å². The number of benzene rings is 1. The zero-order valence-electron chi connectivity index (χ0n) is 12.1. The first-order chi connectivity index (χ1) is 9.22. The van der Waals surface area contributed by atoms with Crippen molar-refractivity contribution in [3.63, 3.8) is 0 Å². The fourth-order valence-electron chi connectivity index (χ4n) is 2.63. The lowest BCUT2D eigenvalue weighted by atomic mass is 9.90. The summed E-state index contributed by atoms with van der Waals surface area (Å²) in [4.78, 5) is 0. The molecule has 0 fully saturated rings. The summed E-state index contributed by atoms with van der Waals surface area (Å²) in [5.74, 6) is 0.557. The van der Waals surface area contributed by atoms with E-state index in [2.05, 4.69) is 47.7 Å². The van der Waals surface area contributed by atoms with Gasteiger partial charge in [-0.3, -0.25) is 4.68 Å². The zero-order valence-corrected chi connectivity index (χ0v) is 12.1. The van der Waals surface area contributed by atoms with Gasteiger partial charge in [0, 0.05) is 25.5 Å². The molecule has 0 bridgehead atoms. The largest absolute Gasteiger partial charge is 0.319 e. The third-order valence-corrected chi connectivity index (χ3v) is 3.75. The van der Waals surface area contributed by atoms with Crippen molar-refractivity contribution in [1.29, 1.82) is 0 Å². The van der Waals surface area contributed by atoms with E-state index >= 15 is 0 Å². The number of rotatable bonds is 6. The topological polar surface area (TPSA) is 29.9 Å². The summed E-state index contributed by atoms with van der Waals surface area (Å²) in [5.41, 5.74) is 4.14. The van der Waals surface area contributed by atoms with Gasteiger partial charge in [-0.25, -0.2) is 0 Å². The molecule has 0 saturated heterocycles. The molecule has 1 unspecified atom stereocenters. The molecule has 1 heterocycles. The average molecular weight is 257 g/mol. The maximum atomic E-state index is 4.23. The predicted octanol–water partition coefficient (Wildman–Crippen LogP) is 2.66. The number of hydrogen-bond acceptors (Lipinski definition) is 2. The molecule has 102 valence electrons. The van der Waals surface area contributed by atoms with Gasteiger partial charge in [0.15, 0.2) is 0 Å². The van der Waals surface area contributed by atoms with Gasteiger partial charge in [0.1, 0.15) is 0 Å². The standard InChI is InChI=1S/C16H23N3/c1-13-6-4-5-7-16(13)14(12-17-2)8-9-15-10-11-18-19(15)3/h4-7,10-11,14,17H,8-9,12H2,1-3H3. The van der Waals surface area contributed by atoms with Crippen molar-refractivity contribution in [2.75, 3.05) is 13.6 Å². The van der Waals surface area contributed by atoms with Crippen molar-refractivity contribution >= 4 is 0 Å². The molecule has 1 aromatic carbocycles. The van der Waals surface area contributed by atoms with Crippen LogP contribution in [0.5, 0.6) is 0 Å². The summed E-state index contributed by atoms with van der Waals surface area (Å²) in [6.45, 7) is 3.21. The first-order valence-electron chi connectivity index (χ1n) is 6.89. The molecule has 0 amide bonds. The second kappa shape index (κ2) is 6.53. The van der Waals surface area contributed by atoms with Gasteiger partial charge in [0.2, 0.25) is 0 Å². The van der Waals surface area contributed by atoms with E-state index in [-0.39, 0.29) is 0 Å². The van der Waals surface area contributed by atoms with Crippen LogP contribution in [-0.2, 0) is 13.5 Å². The molecule has 1 atom stereocenters. The first kappa shape index (κ1) is 13.8. The second-order valence-electron chi connectivity index (χ2n) is 5.10. The molecule has 0 radical (unpaired) electrons. The maximum Gasteiger partial charge on any atom is 0.0492 e. The number of hydrogen-bond donors (Lipinski definition) is 1. The number of likely N-dealkylation sites (N-methyl/N-ethyl adjacent to an activating group) is 1. The average Bonchev–Trinajstić information content (AvgIpc) is 2.81. The Morgan fingerprint density at radius 2 is 2.05 bits per heavy atom. The Labute approximate surface area is 115 Å². The van der Waals surface area contributed by atoms with Crippen LogP contribution in [-0.4, -0.2) is 23.4 Å². The van der Waals surface area contributed by atoms with Crippen molar-refractivity contribution in [3.05, 3.63) is 53.3 Å². The molecule has 1 N–H and O–H groups in total. The number of nitrogens with one attached hydrogen (secondary N) is 1. The van der Waals surface area contributed by atoms with Gasteiger partial charge < -0.3 is 5.32 Å². The van der Waals surface area contributed by atoms with Gasteiger partial charge in [0.25, 0.3) is 0 Å². The summed E-state index contributed by atoms with van der Waals surface area (Å²) >= 11 is 0. The van der Waals surface area contributed by atoms with Crippen LogP contribution in [0.4, 0.5) is 0 Å². The lowest BCUT2D eigenvalue weighted by molar-refractivity contribution is 0.565. The normalized spacial score (nSPS) is 12.6. The molecule has 3 heteroatoms. The molecule has 0 aliphatic heterocycles. The van der Waals surface area contributed by atoms with E-state index in [0.717, 1.165) is 19.4 Å². The Morgan fingerprint density at radius 3 is 2.68 bits per heavy atom. The Hall–Kier alpha value is -1.61. The molecule has 1 aromatic heterocycles. The maximum absolute atomic E-state index is 4.23. The fraction of sp³-hybridized carbons (Fsp3) is 0.438. The molecular formula is C16H23N3. The zero-order chi connectivity index (χ0) is 13.7. The minimum absolute atomic E-state index is 0.557. The Kier molecular flexibility index (Phi) is 4.74. The molecular weight excluding hydrogens is 234 g/mol. The highest BCUT2D eigenvalue weighted by atomic mass is 15.2. The van der Waals surface area contributed by atoms with Crippen molar-refractivity contribution < 1.29 is 0 Å². The van der Waals surface area contributed by atoms with Crippen LogP contribution in [0.15, 0.2) is 36.5 Å². The van der Waals surface area contributed by atoms with E-state index in [0.29, 0.717) is 5.92 Å². The summed E-state index contributed by atoms with van der Waals surface area (Å²) in [5, 5.41) is 7.55. The minimum Gasteiger partial charge on any atom is -0.319 e. The van der Waals surface area contributed by atoms with Crippen LogP contribution in [0.2, 0.25) is 0 Å². The highest BCUT2D eigenvalue weighted by Crippen LogP contribution is 2.24. The highest BCUT2D eigenvalue weighted by molar-refractivity contribution is 5.29. The van der Waals surface area contributed by atoms with Gasteiger partial charge in [-0.05, 0) is 49.9 Å². The predicted molar refractivity (Wildman–Crippen MR) is 79.4 cm³/mol. The molecule has 0 aliphatic rings. The monoisotopic (exact) mass is 257 g/mol. The van der Waals surface area contributed by atoms with Crippen LogP contribution in [0.25, 0.3) is 0 Å². The van der Waals surface area contributed by atoms with Gasteiger partial charge in [0.05, 0.1) is 0 Å². The summed E-state index contributed by atoms with van der Waals surface area (Å²) in [6, 6.07) is 10.8. The number of aromatic nitrogens is 2. The molecule has 2 rings (SSSR count). The Bertz CT molecular complexity index is 516. The third kappa shape index (κ3) is 3.44. The molecule has 2 aromatic rings. The first-order valence-corrected chi connectivity index (χ1v) is 6.89. The van der Waals surface area contributed by atoms with Gasteiger partial charge in [-0.2, -0.15) is 5.10 Å². The summed E-state index contributed by atoms with van der Waals surface area (Å²) in [6.07, 6.45) is 4.08. The van der Waals surface area contributed by atoms with E-state index in [1.807, 2.05) is 25.0 Å². The van der Waals surface area contributed by atoms with Crippen molar-refractivity contribution in [2.45, 2.75) is 25.7 Å². The Balaban J connectivity index is 2.09. The molecule has 0 spiro atoms. The van der Waals surface area contributed by atoms with Crippen LogP contribution >= 0.6 is 0 Å². The lowest BCUT2D eigenvalue weighted by Gasteiger charge is -2.19. The minimum atomic E-state index is 0.557. The fourth-order valence-corrected chi connectivity index (χ4v) is 2.63. The second-order valence-corrected chi connectivity index (χ2v) is 5.10. The lowest BCUT2D eigenvalue weighted by Crippen LogP contribution is -2.19. The Morgan fingerprint density at radius 1 is 1.26 bits per heavy atom. The van der Waals surface area contributed by atoms with Crippen molar-refractivity contribution in [1.82, 2.24) is 15.1 Å². The van der Waals surface area contributed by atoms with E-state index < -0.39 is 0 Å². The smallest absolute Gasteiger partial charge is 0.0492 e. The summed E-state index contributed by atoms with van der Waals surface area (Å²) < 4.78 is 1.97. The molecule has 0 aliphatic carbocycles. The number of nitrogens with zero attached hydrogens (tertiary/aromatic N) is 2. The molecule has 3 nitrogen and oxygen atoms in total. The molecule has 0 saturated carbocycles. The van der Waals surface area contributed by atoms with Crippen LogP contribution in [0.1, 0.15) is 29.2 Å². The van der Waals surface area contributed by atoms with Gasteiger partial charge in [-0.15, -0.1) is 0 Å². The number of aryl methyl sites for hydroxylation is 3. The summed E-state index contributed by atoms with van der Waals surface area (Å²) in [7, 11) is 4.03.